The molecule has 0 aliphatic heterocycles. The van der Waals surface area contributed by atoms with Crippen LogP contribution in [0.4, 0.5) is 0 Å². The van der Waals surface area contributed by atoms with Gasteiger partial charge >= 0.3 is 0 Å². The number of likely N-dealkylation sites (N-methyl/N-ethyl adjacent to an activating group) is 1. The third-order valence-corrected chi connectivity index (χ3v) is 5.63. The summed E-state index contributed by atoms with van der Waals surface area (Å²) in [5.41, 5.74) is 4.24. The highest BCUT2D eigenvalue weighted by molar-refractivity contribution is 5.88. The van der Waals surface area contributed by atoms with E-state index in [1.807, 2.05) is 18.0 Å². The van der Waals surface area contributed by atoms with Crippen molar-refractivity contribution in [1.82, 2.24) is 4.90 Å². The van der Waals surface area contributed by atoms with Gasteiger partial charge in [-0.3, -0.25) is 4.79 Å². The molecular formula is C20H27NO3. The lowest BCUT2D eigenvalue weighted by molar-refractivity contribution is -0.132. The third kappa shape index (κ3) is 3.34. The SMILES string of the molecule is Cc1cc2occ(CC(=O)N(C)C3CCC(CO)CC3)c2cc1C. The van der Waals surface area contributed by atoms with Crippen molar-refractivity contribution < 1.29 is 14.3 Å². The first-order valence-corrected chi connectivity index (χ1v) is 8.83. The third-order valence-electron chi connectivity index (χ3n) is 5.63. The Kier molecular flexibility index (Phi) is 4.95. The number of benzene rings is 1. The van der Waals surface area contributed by atoms with Crippen molar-refractivity contribution in [3.8, 4) is 0 Å². The number of aryl methyl sites for hydroxylation is 2. The summed E-state index contributed by atoms with van der Waals surface area (Å²) >= 11 is 0. The van der Waals surface area contributed by atoms with Crippen LogP contribution in [-0.4, -0.2) is 35.6 Å². The molecular weight excluding hydrogens is 302 g/mol. The maximum atomic E-state index is 12.7. The molecule has 0 unspecified atom stereocenters. The van der Waals surface area contributed by atoms with Crippen molar-refractivity contribution in [1.29, 1.82) is 0 Å². The Morgan fingerprint density at radius 2 is 1.88 bits per heavy atom. The number of fused-ring (bicyclic) bond motifs is 1. The Bertz CT molecular complexity index is 726. The van der Waals surface area contributed by atoms with Crippen molar-refractivity contribution in [3.63, 3.8) is 0 Å². The van der Waals surface area contributed by atoms with Crippen LogP contribution >= 0.6 is 0 Å². The molecule has 1 heterocycles. The number of rotatable bonds is 4. The van der Waals surface area contributed by atoms with Crippen LogP contribution in [0.3, 0.4) is 0 Å². The number of hydrogen-bond donors (Lipinski definition) is 1. The van der Waals surface area contributed by atoms with Crippen molar-refractivity contribution in [2.24, 2.45) is 5.92 Å². The molecule has 0 saturated heterocycles. The fourth-order valence-electron chi connectivity index (χ4n) is 3.68. The highest BCUT2D eigenvalue weighted by Crippen LogP contribution is 2.28. The van der Waals surface area contributed by atoms with Crippen LogP contribution in [0.2, 0.25) is 0 Å². The molecule has 4 nitrogen and oxygen atoms in total. The van der Waals surface area contributed by atoms with Gasteiger partial charge in [-0.25, -0.2) is 0 Å². The molecule has 0 bridgehead atoms. The van der Waals surface area contributed by atoms with Crippen LogP contribution in [-0.2, 0) is 11.2 Å². The lowest BCUT2D eigenvalue weighted by Crippen LogP contribution is -2.40. The minimum absolute atomic E-state index is 0.142. The second-order valence-electron chi connectivity index (χ2n) is 7.23. The van der Waals surface area contributed by atoms with E-state index in [1.54, 1.807) is 6.26 Å². The molecule has 1 fully saturated rings. The summed E-state index contributed by atoms with van der Waals surface area (Å²) < 4.78 is 5.64. The van der Waals surface area contributed by atoms with Gasteiger partial charge in [0.05, 0.1) is 12.7 Å². The molecule has 24 heavy (non-hydrogen) atoms. The van der Waals surface area contributed by atoms with Crippen molar-refractivity contribution in [3.05, 3.63) is 35.1 Å². The summed E-state index contributed by atoms with van der Waals surface area (Å²) in [7, 11) is 1.91. The van der Waals surface area contributed by atoms with E-state index in [4.69, 9.17) is 4.42 Å². The second kappa shape index (κ2) is 6.98. The van der Waals surface area contributed by atoms with Gasteiger partial charge in [0, 0.05) is 30.6 Å². The molecule has 1 aromatic carbocycles. The normalized spacial score (nSPS) is 21.2. The number of nitrogens with zero attached hydrogens (tertiary/aromatic N) is 1. The van der Waals surface area contributed by atoms with Crippen LogP contribution in [0.25, 0.3) is 11.0 Å². The Hall–Kier alpha value is -1.81. The van der Waals surface area contributed by atoms with Gasteiger partial charge in [-0.2, -0.15) is 0 Å². The van der Waals surface area contributed by atoms with Gasteiger partial charge in [-0.1, -0.05) is 0 Å². The van der Waals surface area contributed by atoms with E-state index in [-0.39, 0.29) is 12.5 Å². The molecule has 1 saturated carbocycles. The van der Waals surface area contributed by atoms with Crippen LogP contribution in [0, 0.1) is 19.8 Å². The summed E-state index contributed by atoms with van der Waals surface area (Å²) in [6.45, 7) is 4.42. The number of aliphatic hydroxyl groups is 1. The average Bonchev–Trinajstić information content (AvgIpc) is 2.96. The Morgan fingerprint density at radius 3 is 2.54 bits per heavy atom. The van der Waals surface area contributed by atoms with Gasteiger partial charge in [0.15, 0.2) is 0 Å². The molecule has 3 rings (SSSR count). The number of carbonyl (C=O) groups excluding carboxylic acids is 1. The van der Waals surface area contributed by atoms with Crippen LogP contribution < -0.4 is 0 Å². The fourth-order valence-corrected chi connectivity index (χ4v) is 3.68. The molecule has 1 aromatic heterocycles. The molecule has 1 aliphatic carbocycles. The summed E-state index contributed by atoms with van der Waals surface area (Å²) in [5, 5.41) is 10.3. The molecule has 0 atom stereocenters. The first kappa shape index (κ1) is 17.0. The zero-order chi connectivity index (χ0) is 17.3. The quantitative estimate of drug-likeness (QED) is 0.932. The van der Waals surface area contributed by atoms with E-state index >= 15 is 0 Å². The first-order valence-electron chi connectivity index (χ1n) is 8.83. The minimum Gasteiger partial charge on any atom is -0.464 e. The van der Waals surface area contributed by atoms with Crippen molar-refractivity contribution in [2.75, 3.05) is 13.7 Å². The van der Waals surface area contributed by atoms with Crippen molar-refractivity contribution in [2.45, 2.75) is 52.0 Å². The fraction of sp³-hybridized carbons (Fsp3) is 0.550. The van der Waals surface area contributed by atoms with Crippen LogP contribution in [0.5, 0.6) is 0 Å². The summed E-state index contributed by atoms with van der Waals surface area (Å²) in [4.78, 5) is 14.6. The Morgan fingerprint density at radius 1 is 1.21 bits per heavy atom. The summed E-state index contributed by atoms with van der Waals surface area (Å²) in [6.07, 6.45) is 6.08. The van der Waals surface area contributed by atoms with Gasteiger partial charge in [-0.15, -0.1) is 0 Å². The van der Waals surface area contributed by atoms with Gasteiger partial charge in [-0.05, 0) is 68.7 Å². The van der Waals surface area contributed by atoms with Crippen molar-refractivity contribution >= 4 is 16.9 Å². The zero-order valence-electron chi connectivity index (χ0n) is 14.8. The predicted octanol–water partition coefficient (Wildman–Crippen LogP) is 3.60. The molecule has 2 aromatic rings. The molecule has 1 amide bonds. The standard InChI is InChI=1S/C20H27NO3/c1-13-8-18-16(12-24-19(18)9-14(13)2)10-20(23)21(3)17-6-4-15(11-22)5-7-17/h8-9,12,15,17,22H,4-7,10-11H2,1-3H3. The zero-order valence-corrected chi connectivity index (χ0v) is 14.8. The number of furan rings is 1. The molecule has 1 aliphatic rings. The maximum absolute atomic E-state index is 12.7. The number of amides is 1. The lowest BCUT2D eigenvalue weighted by Gasteiger charge is -2.34. The monoisotopic (exact) mass is 329 g/mol. The highest BCUT2D eigenvalue weighted by Gasteiger charge is 2.26. The van der Waals surface area contributed by atoms with E-state index in [0.717, 1.165) is 42.2 Å². The molecule has 4 heteroatoms. The lowest BCUT2D eigenvalue weighted by atomic mass is 9.86. The van der Waals surface area contributed by atoms with Crippen LogP contribution in [0.15, 0.2) is 22.8 Å². The number of carbonyl (C=O) groups is 1. The Balaban J connectivity index is 1.69. The average molecular weight is 329 g/mol. The molecule has 0 radical (unpaired) electrons. The first-order chi connectivity index (χ1) is 11.5. The number of hydrogen-bond acceptors (Lipinski definition) is 3. The maximum Gasteiger partial charge on any atom is 0.227 e. The van der Waals surface area contributed by atoms with E-state index < -0.39 is 0 Å². The van der Waals surface area contributed by atoms with E-state index in [1.165, 1.54) is 11.1 Å². The molecule has 0 spiro atoms. The van der Waals surface area contributed by atoms with E-state index in [9.17, 15) is 9.90 Å². The van der Waals surface area contributed by atoms with E-state index in [0.29, 0.717) is 18.4 Å². The topological polar surface area (TPSA) is 53.7 Å². The summed E-state index contributed by atoms with van der Waals surface area (Å²) in [6, 6.07) is 4.45. The van der Waals surface area contributed by atoms with E-state index in [2.05, 4.69) is 19.9 Å². The largest absolute Gasteiger partial charge is 0.464 e. The summed E-state index contributed by atoms with van der Waals surface area (Å²) in [5.74, 6) is 0.553. The minimum atomic E-state index is 0.142. The van der Waals surface area contributed by atoms with Crippen LogP contribution in [0.1, 0.15) is 42.4 Å². The van der Waals surface area contributed by atoms with Gasteiger partial charge in [0.1, 0.15) is 5.58 Å². The highest BCUT2D eigenvalue weighted by atomic mass is 16.3. The molecule has 130 valence electrons. The second-order valence-corrected chi connectivity index (χ2v) is 7.23. The van der Waals surface area contributed by atoms with Gasteiger partial charge in [0.25, 0.3) is 0 Å². The smallest absolute Gasteiger partial charge is 0.227 e. The predicted molar refractivity (Wildman–Crippen MR) is 95.0 cm³/mol. The number of aliphatic hydroxyl groups excluding tert-OH is 1. The Labute approximate surface area is 143 Å². The van der Waals surface area contributed by atoms with Gasteiger partial charge in [0.2, 0.25) is 5.91 Å². The molecule has 1 N–H and O–H groups in total. The van der Waals surface area contributed by atoms with Gasteiger partial charge < -0.3 is 14.4 Å².